The van der Waals surface area contributed by atoms with Crippen LogP contribution in [0.1, 0.15) is 42.1 Å². The lowest BCUT2D eigenvalue weighted by molar-refractivity contribution is -0.128. The molecule has 0 aliphatic carbocycles. The first-order valence-corrected chi connectivity index (χ1v) is 12.7. The number of ether oxygens (including phenoxy) is 2. The van der Waals surface area contributed by atoms with Crippen molar-refractivity contribution in [2.75, 3.05) is 20.3 Å². The molecular weight excluding hydrogens is 450 g/mol. The minimum Gasteiger partial charge on any atom is -0.497 e. The number of carbonyl (C=O) groups is 1. The number of unbranched alkanes of at least 4 members (excludes halogenated alkanes) is 1. The number of rotatable bonds is 10. The van der Waals surface area contributed by atoms with Gasteiger partial charge in [0, 0.05) is 32.0 Å². The van der Waals surface area contributed by atoms with E-state index in [0.29, 0.717) is 26.1 Å². The molecule has 1 unspecified atom stereocenters. The predicted octanol–water partition coefficient (Wildman–Crippen LogP) is 5.73. The number of methoxy groups -OCH3 is 1. The molecule has 1 aliphatic heterocycles. The number of nitrogens with zero attached hydrogens (tertiary/aromatic N) is 3. The lowest BCUT2D eigenvalue weighted by Crippen LogP contribution is -2.24. The van der Waals surface area contributed by atoms with Crippen molar-refractivity contribution in [3.05, 3.63) is 89.7 Å². The smallest absolute Gasteiger partial charge is 0.223 e. The minimum atomic E-state index is 0.0898. The van der Waals surface area contributed by atoms with Crippen LogP contribution in [0.15, 0.2) is 72.8 Å². The summed E-state index contributed by atoms with van der Waals surface area (Å²) in [5, 5.41) is 0. The third-order valence-corrected chi connectivity index (χ3v) is 6.86. The molecule has 0 saturated carbocycles. The van der Waals surface area contributed by atoms with Crippen LogP contribution in [0.25, 0.3) is 11.0 Å². The number of benzene rings is 3. The van der Waals surface area contributed by atoms with E-state index in [0.717, 1.165) is 53.3 Å². The number of amides is 1. The normalized spacial score (nSPS) is 15.6. The summed E-state index contributed by atoms with van der Waals surface area (Å²) in [5.41, 5.74) is 4.46. The lowest BCUT2D eigenvalue weighted by atomic mass is 10.1. The van der Waals surface area contributed by atoms with Gasteiger partial charge in [0.05, 0.1) is 24.8 Å². The fourth-order valence-corrected chi connectivity index (χ4v) is 4.89. The first-order chi connectivity index (χ1) is 17.6. The van der Waals surface area contributed by atoms with Gasteiger partial charge in [-0.25, -0.2) is 4.98 Å². The van der Waals surface area contributed by atoms with Crippen molar-refractivity contribution in [3.63, 3.8) is 0 Å². The number of aryl methyl sites for hydroxylation is 2. The molecule has 1 saturated heterocycles. The highest BCUT2D eigenvalue weighted by Gasteiger charge is 2.33. The Morgan fingerprint density at radius 3 is 2.47 bits per heavy atom. The molecule has 1 fully saturated rings. The molecule has 3 aromatic carbocycles. The Hall–Kier alpha value is -3.80. The zero-order valence-corrected chi connectivity index (χ0v) is 21.0. The maximum absolute atomic E-state index is 12.9. The van der Waals surface area contributed by atoms with E-state index in [1.54, 1.807) is 7.11 Å². The number of hydrogen-bond acceptors (Lipinski definition) is 4. The van der Waals surface area contributed by atoms with Crippen LogP contribution in [-0.2, 0) is 17.9 Å². The van der Waals surface area contributed by atoms with Gasteiger partial charge in [-0.3, -0.25) is 4.79 Å². The number of hydrogen-bond donors (Lipinski definition) is 0. The van der Waals surface area contributed by atoms with E-state index in [9.17, 15) is 4.79 Å². The Kier molecular flexibility index (Phi) is 7.21. The Bertz CT molecular complexity index is 1310. The van der Waals surface area contributed by atoms with Crippen LogP contribution in [0.3, 0.4) is 0 Å². The first kappa shape index (κ1) is 23.9. The quantitative estimate of drug-likeness (QED) is 0.270. The standard InChI is InChI=1S/C30H33N3O3/c1-22-9-13-26(14-10-22)36-18-6-5-17-33-28-8-4-3-7-27(28)31-30(33)24-19-29(34)32(21-24)20-23-11-15-25(35-2)16-12-23/h3-4,7-16,24H,5-6,17-21H2,1-2H3. The monoisotopic (exact) mass is 483 g/mol. The van der Waals surface area contributed by atoms with Gasteiger partial charge in [-0.05, 0) is 61.7 Å². The fourth-order valence-electron chi connectivity index (χ4n) is 4.89. The van der Waals surface area contributed by atoms with Crippen LogP contribution in [0.2, 0.25) is 0 Å². The highest BCUT2D eigenvalue weighted by molar-refractivity contribution is 5.81. The highest BCUT2D eigenvalue weighted by Crippen LogP contribution is 2.31. The third kappa shape index (κ3) is 5.38. The second-order valence-electron chi connectivity index (χ2n) is 9.50. The summed E-state index contributed by atoms with van der Waals surface area (Å²) < 4.78 is 13.5. The minimum absolute atomic E-state index is 0.0898. The maximum atomic E-state index is 12.9. The summed E-state index contributed by atoms with van der Waals surface area (Å²) in [6, 6.07) is 24.4. The fraction of sp³-hybridized carbons (Fsp3) is 0.333. The molecule has 2 heterocycles. The molecule has 6 heteroatoms. The Morgan fingerprint density at radius 1 is 0.944 bits per heavy atom. The number of carbonyl (C=O) groups excluding carboxylic acids is 1. The Morgan fingerprint density at radius 2 is 1.69 bits per heavy atom. The summed E-state index contributed by atoms with van der Waals surface area (Å²) in [6.45, 7) is 4.91. The summed E-state index contributed by atoms with van der Waals surface area (Å²) in [4.78, 5) is 19.8. The van der Waals surface area contributed by atoms with Gasteiger partial charge in [-0.2, -0.15) is 0 Å². The summed E-state index contributed by atoms with van der Waals surface area (Å²) >= 11 is 0. The van der Waals surface area contributed by atoms with E-state index in [-0.39, 0.29) is 11.8 Å². The topological polar surface area (TPSA) is 56.6 Å². The van der Waals surface area contributed by atoms with Crippen molar-refractivity contribution in [2.24, 2.45) is 0 Å². The average molecular weight is 484 g/mol. The number of para-hydroxylation sites is 2. The van der Waals surface area contributed by atoms with Crippen molar-refractivity contribution in [3.8, 4) is 11.5 Å². The summed E-state index contributed by atoms with van der Waals surface area (Å²) in [5.74, 6) is 3.02. The van der Waals surface area contributed by atoms with Gasteiger partial charge in [0.1, 0.15) is 17.3 Å². The molecule has 4 aromatic rings. The summed E-state index contributed by atoms with van der Waals surface area (Å²) in [7, 11) is 1.66. The molecular formula is C30H33N3O3. The number of fused-ring (bicyclic) bond motifs is 1. The number of aromatic nitrogens is 2. The molecule has 5 rings (SSSR count). The van der Waals surface area contributed by atoms with Crippen molar-refractivity contribution < 1.29 is 14.3 Å². The van der Waals surface area contributed by atoms with Crippen molar-refractivity contribution in [2.45, 2.75) is 45.2 Å². The van der Waals surface area contributed by atoms with Gasteiger partial charge in [0.15, 0.2) is 0 Å². The van der Waals surface area contributed by atoms with Gasteiger partial charge < -0.3 is 18.9 Å². The molecule has 1 aliphatic rings. The molecule has 1 amide bonds. The Balaban J connectivity index is 1.24. The zero-order valence-electron chi connectivity index (χ0n) is 21.0. The second kappa shape index (κ2) is 10.9. The van der Waals surface area contributed by atoms with Gasteiger partial charge in [0.2, 0.25) is 5.91 Å². The molecule has 0 spiro atoms. The average Bonchev–Trinajstić information content (AvgIpc) is 3.45. The van der Waals surface area contributed by atoms with E-state index >= 15 is 0 Å². The van der Waals surface area contributed by atoms with Crippen LogP contribution in [-0.4, -0.2) is 40.6 Å². The van der Waals surface area contributed by atoms with E-state index in [1.165, 1.54) is 5.56 Å². The van der Waals surface area contributed by atoms with Crippen LogP contribution >= 0.6 is 0 Å². The van der Waals surface area contributed by atoms with Gasteiger partial charge in [-0.1, -0.05) is 42.0 Å². The van der Waals surface area contributed by atoms with E-state index in [2.05, 4.69) is 41.8 Å². The van der Waals surface area contributed by atoms with Crippen LogP contribution in [0.4, 0.5) is 0 Å². The lowest BCUT2D eigenvalue weighted by Gasteiger charge is -2.18. The zero-order chi connectivity index (χ0) is 24.9. The van der Waals surface area contributed by atoms with E-state index < -0.39 is 0 Å². The maximum Gasteiger partial charge on any atom is 0.223 e. The van der Waals surface area contributed by atoms with Crippen LogP contribution in [0, 0.1) is 6.92 Å². The largest absolute Gasteiger partial charge is 0.497 e. The van der Waals surface area contributed by atoms with Crippen LogP contribution in [0.5, 0.6) is 11.5 Å². The molecule has 0 bridgehead atoms. The van der Waals surface area contributed by atoms with E-state index in [4.69, 9.17) is 14.5 Å². The molecule has 0 N–H and O–H groups in total. The number of likely N-dealkylation sites (tertiary alicyclic amines) is 1. The molecule has 6 nitrogen and oxygen atoms in total. The molecule has 186 valence electrons. The predicted molar refractivity (Wildman–Crippen MR) is 141 cm³/mol. The Labute approximate surface area is 212 Å². The molecule has 0 radical (unpaired) electrons. The SMILES string of the molecule is COc1ccc(CN2CC(c3nc4ccccc4n3CCCCOc3ccc(C)cc3)CC2=O)cc1. The van der Waals surface area contributed by atoms with Crippen molar-refractivity contribution in [1.29, 1.82) is 0 Å². The number of imidazole rings is 1. The molecule has 36 heavy (non-hydrogen) atoms. The van der Waals surface area contributed by atoms with Gasteiger partial charge in [-0.15, -0.1) is 0 Å². The van der Waals surface area contributed by atoms with Crippen LogP contribution < -0.4 is 9.47 Å². The molecule has 1 aromatic heterocycles. The third-order valence-electron chi connectivity index (χ3n) is 6.86. The first-order valence-electron chi connectivity index (χ1n) is 12.7. The summed E-state index contributed by atoms with van der Waals surface area (Å²) in [6.07, 6.45) is 2.43. The van der Waals surface area contributed by atoms with E-state index in [1.807, 2.05) is 47.4 Å². The highest BCUT2D eigenvalue weighted by atomic mass is 16.5. The van der Waals surface area contributed by atoms with Crippen molar-refractivity contribution in [1.82, 2.24) is 14.5 Å². The van der Waals surface area contributed by atoms with Gasteiger partial charge >= 0.3 is 0 Å². The molecule has 1 atom stereocenters. The van der Waals surface area contributed by atoms with Crippen molar-refractivity contribution >= 4 is 16.9 Å². The van der Waals surface area contributed by atoms with Gasteiger partial charge in [0.25, 0.3) is 0 Å². The second-order valence-corrected chi connectivity index (χ2v) is 9.50.